The second-order valence-electron chi connectivity index (χ2n) is 7.12. The fraction of sp³-hybridized carbons (Fsp3) is 0.273. The maximum absolute atomic E-state index is 12.3. The minimum absolute atomic E-state index is 0.155. The molecular formula is C22H21N3O. The number of imidazole rings is 1. The molecule has 1 fully saturated rings. The smallest absolute Gasteiger partial charge is 0.224 e. The van der Waals surface area contributed by atoms with Crippen LogP contribution >= 0.6 is 0 Å². The van der Waals surface area contributed by atoms with Crippen LogP contribution in [0, 0.1) is 0 Å². The van der Waals surface area contributed by atoms with Gasteiger partial charge in [0.25, 0.3) is 0 Å². The van der Waals surface area contributed by atoms with E-state index in [9.17, 15) is 4.79 Å². The Morgan fingerprint density at radius 2 is 1.62 bits per heavy atom. The molecule has 0 N–H and O–H groups in total. The minimum Gasteiger partial charge on any atom is -0.332 e. The molecule has 3 aromatic rings. The number of fused-ring (bicyclic) bond motifs is 3. The zero-order valence-electron chi connectivity index (χ0n) is 14.6. The molecule has 0 aliphatic carbocycles. The molecule has 1 unspecified atom stereocenters. The van der Waals surface area contributed by atoms with Crippen LogP contribution in [0.3, 0.4) is 0 Å². The molecule has 0 saturated carbocycles. The monoisotopic (exact) mass is 343 g/mol. The van der Waals surface area contributed by atoms with Gasteiger partial charge in [0.2, 0.25) is 5.91 Å². The fourth-order valence-electron chi connectivity index (χ4n) is 4.17. The van der Waals surface area contributed by atoms with E-state index < -0.39 is 0 Å². The van der Waals surface area contributed by atoms with Crippen molar-refractivity contribution in [2.75, 3.05) is 6.54 Å². The number of carbonyl (C=O) groups excluding carboxylic acids is 1. The van der Waals surface area contributed by atoms with Crippen LogP contribution < -0.4 is 0 Å². The molecule has 1 aromatic heterocycles. The molecule has 4 heteroatoms. The van der Waals surface area contributed by atoms with E-state index >= 15 is 0 Å². The molecule has 0 spiro atoms. The standard InChI is InChI=1S/C22H21N3O/c26-21-12-14-24-15-19(23-22(24)20-7-4-13-25(20)21)18-10-8-17(9-11-18)16-5-2-1-3-6-16/h1-3,5-6,8-11,15,20H,4,7,12-14H2. The summed E-state index contributed by atoms with van der Waals surface area (Å²) in [4.78, 5) is 19.2. The van der Waals surface area contributed by atoms with Crippen molar-refractivity contribution in [1.82, 2.24) is 14.5 Å². The zero-order chi connectivity index (χ0) is 17.5. The van der Waals surface area contributed by atoms with Gasteiger partial charge in [-0.15, -0.1) is 0 Å². The highest BCUT2D eigenvalue weighted by atomic mass is 16.2. The van der Waals surface area contributed by atoms with Crippen LogP contribution in [0.1, 0.15) is 31.1 Å². The first kappa shape index (κ1) is 15.4. The van der Waals surface area contributed by atoms with Crippen LogP contribution in [0.15, 0.2) is 60.8 Å². The Kier molecular flexibility index (Phi) is 3.63. The summed E-state index contributed by atoms with van der Waals surface area (Å²) in [7, 11) is 0. The maximum atomic E-state index is 12.3. The average molecular weight is 343 g/mol. The minimum atomic E-state index is 0.155. The molecule has 130 valence electrons. The Labute approximate surface area is 153 Å². The highest BCUT2D eigenvalue weighted by molar-refractivity contribution is 5.77. The summed E-state index contributed by atoms with van der Waals surface area (Å²) >= 11 is 0. The lowest BCUT2D eigenvalue weighted by Crippen LogP contribution is -2.29. The lowest BCUT2D eigenvalue weighted by atomic mass is 10.0. The molecule has 1 saturated heterocycles. The third kappa shape index (κ3) is 2.53. The number of amides is 1. The number of carbonyl (C=O) groups is 1. The van der Waals surface area contributed by atoms with E-state index in [1.807, 2.05) is 11.0 Å². The predicted molar refractivity (Wildman–Crippen MR) is 101 cm³/mol. The summed E-state index contributed by atoms with van der Waals surface area (Å²) in [6, 6.07) is 19.1. The van der Waals surface area contributed by atoms with Gasteiger partial charge in [-0.1, -0.05) is 54.6 Å². The van der Waals surface area contributed by atoms with Gasteiger partial charge in [-0.2, -0.15) is 0 Å². The summed E-state index contributed by atoms with van der Waals surface area (Å²) in [5, 5.41) is 0. The number of rotatable bonds is 2. The van der Waals surface area contributed by atoms with Gasteiger partial charge < -0.3 is 9.47 Å². The second-order valence-corrected chi connectivity index (χ2v) is 7.12. The van der Waals surface area contributed by atoms with E-state index in [0.29, 0.717) is 6.42 Å². The maximum Gasteiger partial charge on any atom is 0.224 e. The highest BCUT2D eigenvalue weighted by Gasteiger charge is 2.35. The van der Waals surface area contributed by atoms with Gasteiger partial charge in [-0.25, -0.2) is 4.98 Å². The zero-order valence-corrected chi connectivity index (χ0v) is 14.6. The number of hydrogen-bond donors (Lipinski definition) is 0. The van der Waals surface area contributed by atoms with Gasteiger partial charge in [0.15, 0.2) is 0 Å². The van der Waals surface area contributed by atoms with Crippen molar-refractivity contribution in [3.05, 3.63) is 66.6 Å². The van der Waals surface area contributed by atoms with E-state index in [1.54, 1.807) is 0 Å². The van der Waals surface area contributed by atoms with E-state index in [4.69, 9.17) is 4.98 Å². The first-order valence-electron chi connectivity index (χ1n) is 9.32. The topological polar surface area (TPSA) is 38.1 Å². The van der Waals surface area contributed by atoms with Gasteiger partial charge in [0, 0.05) is 31.3 Å². The van der Waals surface area contributed by atoms with E-state index in [0.717, 1.165) is 43.0 Å². The molecule has 26 heavy (non-hydrogen) atoms. The molecule has 0 radical (unpaired) electrons. The van der Waals surface area contributed by atoms with Crippen molar-refractivity contribution < 1.29 is 4.79 Å². The van der Waals surface area contributed by atoms with Crippen molar-refractivity contribution in [2.45, 2.75) is 31.8 Å². The predicted octanol–water partition coefficient (Wildman–Crippen LogP) is 4.28. The van der Waals surface area contributed by atoms with Crippen molar-refractivity contribution >= 4 is 5.91 Å². The molecule has 2 aromatic carbocycles. The largest absolute Gasteiger partial charge is 0.332 e. The third-order valence-electron chi connectivity index (χ3n) is 5.53. The summed E-state index contributed by atoms with van der Waals surface area (Å²) in [6.07, 6.45) is 4.79. The lowest BCUT2D eigenvalue weighted by Gasteiger charge is -2.20. The number of aromatic nitrogens is 2. The first-order valence-corrected chi connectivity index (χ1v) is 9.32. The Morgan fingerprint density at radius 3 is 2.42 bits per heavy atom. The van der Waals surface area contributed by atoms with E-state index in [-0.39, 0.29) is 11.9 Å². The Morgan fingerprint density at radius 1 is 0.885 bits per heavy atom. The number of nitrogens with zero attached hydrogens (tertiary/aromatic N) is 3. The molecule has 5 rings (SSSR count). The van der Waals surface area contributed by atoms with E-state index in [2.05, 4.69) is 59.3 Å². The quantitative estimate of drug-likeness (QED) is 0.696. The van der Waals surface area contributed by atoms with Gasteiger partial charge in [-0.05, 0) is 24.0 Å². The van der Waals surface area contributed by atoms with Crippen LogP contribution in [0.4, 0.5) is 0 Å². The SMILES string of the molecule is O=C1CCn2cc(-c3ccc(-c4ccccc4)cc3)nc2C2CCCN12. The molecule has 1 amide bonds. The highest BCUT2D eigenvalue weighted by Crippen LogP contribution is 2.35. The molecule has 0 bridgehead atoms. The van der Waals surface area contributed by atoms with Crippen molar-refractivity contribution in [1.29, 1.82) is 0 Å². The van der Waals surface area contributed by atoms with E-state index in [1.165, 1.54) is 11.1 Å². The van der Waals surface area contributed by atoms with Crippen molar-refractivity contribution in [3.63, 3.8) is 0 Å². The first-order chi connectivity index (χ1) is 12.8. The summed E-state index contributed by atoms with van der Waals surface area (Å²) < 4.78 is 2.19. The molecule has 3 heterocycles. The van der Waals surface area contributed by atoms with Gasteiger partial charge in [0.1, 0.15) is 5.82 Å². The van der Waals surface area contributed by atoms with Crippen LogP contribution in [0.25, 0.3) is 22.4 Å². The molecule has 1 atom stereocenters. The lowest BCUT2D eigenvalue weighted by molar-refractivity contribution is -0.131. The Balaban J connectivity index is 1.48. The Hall–Kier alpha value is -2.88. The van der Waals surface area contributed by atoms with Crippen LogP contribution in [0.5, 0.6) is 0 Å². The normalized spacial score (nSPS) is 19.2. The van der Waals surface area contributed by atoms with Crippen LogP contribution in [-0.4, -0.2) is 26.9 Å². The summed E-state index contributed by atoms with van der Waals surface area (Å²) in [6.45, 7) is 1.60. The fourth-order valence-corrected chi connectivity index (χ4v) is 4.17. The number of benzene rings is 2. The second kappa shape index (κ2) is 6.13. The van der Waals surface area contributed by atoms with Crippen molar-refractivity contribution in [3.8, 4) is 22.4 Å². The van der Waals surface area contributed by atoms with Crippen LogP contribution in [-0.2, 0) is 11.3 Å². The number of aryl methyl sites for hydroxylation is 1. The van der Waals surface area contributed by atoms with Gasteiger partial charge in [-0.3, -0.25) is 4.79 Å². The third-order valence-corrected chi connectivity index (χ3v) is 5.53. The number of hydrogen-bond acceptors (Lipinski definition) is 2. The molecule has 2 aliphatic heterocycles. The summed E-state index contributed by atoms with van der Waals surface area (Å²) in [5.41, 5.74) is 4.56. The van der Waals surface area contributed by atoms with Crippen molar-refractivity contribution in [2.24, 2.45) is 0 Å². The average Bonchev–Trinajstić information content (AvgIpc) is 3.32. The molecule has 4 nitrogen and oxygen atoms in total. The molecule has 2 aliphatic rings. The van der Waals surface area contributed by atoms with Gasteiger partial charge in [0.05, 0.1) is 11.7 Å². The summed E-state index contributed by atoms with van der Waals surface area (Å²) in [5.74, 6) is 1.32. The van der Waals surface area contributed by atoms with Gasteiger partial charge >= 0.3 is 0 Å². The molecular weight excluding hydrogens is 322 g/mol. The van der Waals surface area contributed by atoms with Crippen LogP contribution in [0.2, 0.25) is 0 Å². The Bertz CT molecular complexity index is 943.